The molecule has 0 saturated carbocycles. The normalized spacial score (nSPS) is 11.0. The fourth-order valence-electron chi connectivity index (χ4n) is 3.60. The fourth-order valence-corrected chi connectivity index (χ4v) is 3.60. The van der Waals surface area contributed by atoms with Crippen molar-refractivity contribution in [2.24, 2.45) is 0 Å². The molecule has 6 nitrogen and oxygen atoms in total. The van der Waals surface area contributed by atoms with Crippen LogP contribution in [0.3, 0.4) is 0 Å². The van der Waals surface area contributed by atoms with E-state index in [4.69, 9.17) is 0 Å². The van der Waals surface area contributed by atoms with Gasteiger partial charge in [0.25, 0.3) is 11.5 Å². The molecule has 0 bridgehead atoms. The van der Waals surface area contributed by atoms with Crippen molar-refractivity contribution in [3.8, 4) is 16.9 Å². The van der Waals surface area contributed by atoms with E-state index in [2.05, 4.69) is 17.3 Å². The molecule has 0 saturated heterocycles. The number of aryl methyl sites for hydroxylation is 2. The summed E-state index contributed by atoms with van der Waals surface area (Å²) in [5.74, 6) is -0.274. The summed E-state index contributed by atoms with van der Waals surface area (Å²) in [5.41, 5.74) is 3.49. The highest BCUT2D eigenvalue weighted by Crippen LogP contribution is 2.24. The first-order valence-corrected chi connectivity index (χ1v) is 10.2. The first-order valence-electron chi connectivity index (χ1n) is 10.2. The van der Waals surface area contributed by atoms with Crippen molar-refractivity contribution in [2.75, 3.05) is 5.32 Å². The van der Waals surface area contributed by atoms with Crippen molar-refractivity contribution in [2.45, 2.75) is 33.2 Å². The molecule has 1 N–H and O–H groups in total. The Kier molecular flexibility index (Phi) is 5.48. The van der Waals surface area contributed by atoms with Crippen LogP contribution in [0.4, 0.5) is 5.69 Å². The van der Waals surface area contributed by atoms with Crippen LogP contribution < -0.4 is 10.9 Å². The van der Waals surface area contributed by atoms with E-state index < -0.39 is 0 Å². The second-order valence-corrected chi connectivity index (χ2v) is 7.19. The average molecular weight is 400 g/mol. The van der Waals surface area contributed by atoms with Crippen molar-refractivity contribution in [1.82, 2.24) is 14.3 Å². The minimum atomic E-state index is -0.274. The number of hydrogen-bond acceptors (Lipinski definition) is 3. The van der Waals surface area contributed by atoms with Gasteiger partial charge >= 0.3 is 0 Å². The Morgan fingerprint density at radius 3 is 2.47 bits per heavy atom. The van der Waals surface area contributed by atoms with E-state index in [1.165, 1.54) is 4.68 Å². The summed E-state index contributed by atoms with van der Waals surface area (Å²) in [4.78, 5) is 26.3. The Bertz CT molecular complexity index is 1210. The molecule has 30 heavy (non-hydrogen) atoms. The number of aromatic nitrogens is 3. The molecule has 4 rings (SSSR count). The summed E-state index contributed by atoms with van der Waals surface area (Å²) in [5, 5.41) is 7.52. The molecular weight excluding hydrogens is 376 g/mol. The summed E-state index contributed by atoms with van der Waals surface area (Å²) >= 11 is 0. The maximum absolute atomic E-state index is 13.2. The summed E-state index contributed by atoms with van der Waals surface area (Å²) in [6, 6.07) is 17.0. The van der Waals surface area contributed by atoms with Crippen molar-refractivity contribution in [1.29, 1.82) is 0 Å². The highest BCUT2D eigenvalue weighted by atomic mass is 16.2. The minimum absolute atomic E-state index is 0.232. The van der Waals surface area contributed by atoms with E-state index in [1.54, 1.807) is 12.4 Å². The van der Waals surface area contributed by atoms with Crippen LogP contribution in [-0.4, -0.2) is 20.3 Å². The number of carbonyl (C=O) groups is 1. The number of carbonyl (C=O) groups excluding carboxylic acids is 1. The third kappa shape index (κ3) is 3.64. The number of nitrogens with zero attached hydrogens (tertiary/aromatic N) is 3. The predicted molar refractivity (Wildman–Crippen MR) is 119 cm³/mol. The lowest BCUT2D eigenvalue weighted by atomic mass is 10.1. The monoisotopic (exact) mass is 400 g/mol. The topological polar surface area (TPSA) is 68.9 Å². The fraction of sp³-hybridized carbons (Fsp3) is 0.208. The predicted octanol–water partition coefficient (Wildman–Crippen LogP) is 4.36. The third-order valence-electron chi connectivity index (χ3n) is 5.10. The number of amides is 1. The molecule has 0 unspecified atom stereocenters. The number of fused-ring (bicyclic) bond motifs is 1. The Hall–Kier alpha value is -3.67. The van der Waals surface area contributed by atoms with Crippen LogP contribution in [0.5, 0.6) is 0 Å². The minimum Gasteiger partial charge on any atom is -0.353 e. The molecule has 0 aromatic heterocycles. The number of para-hydroxylation sites is 2. The number of benzene rings is 2. The van der Waals surface area contributed by atoms with Gasteiger partial charge in [-0.25, -0.2) is 0 Å². The van der Waals surface area contributed by atoms with Gasteiger partial charge in [-0.3, -0.25) is 9.59 Å². The maximum Gasteiger partial charge on any atom is 0.282 e. The molecule has 1 amide bonds. The van der Waals surface area contributed by atoms with Gasteiger partial charge in [0.1, 0.15) is 5.69 Å². The molecule has 6 heteroatoms. The van der Waals surface area contributed by atoms with E-state index in [1.807, 2.05) is 66.1 Å². The van der Waals surface area contributed by atoms with Gasteiger partial charge in [-0.05, 0) is 36.6 Å². The molecule has 2 aliphatic heterocycles. The van der Waals surface area contributed by atoms with Gasteiger partial charge in [0, 0.05) is 24.6 Å². The van der Waals surface area contributed by atoms with E-state index in [0.29, 0.717) is 29.1 Å². The van der Waals surface area contributed by atoms with Gasteiger partial charge in [-0.15, -0.1) is 0 Å². The second kappa shape index (κ2) is 8.37. The number of rotatable bonds is 6. The largest absolute Gasteiger partial charge is 0.353 e. The van der Waals surface area contributed by atoms with Gasteiger partial charge < -0.3 is 9.88 Å². The summed E-state index contributed by atoms with van der Waals surface area (Å²) < 4.78 is 3.25. The van der Waals surface area contributed by atoms with Crippen molar-refractivity contribution < 1.29 is 4.79 Å². The zero-order valence-electron chi connectivity index (χ0n) is 17.1. The first kappa shape index (κ1) is 19.6. The molecule has 2 heterocycles. The Labute approximate surface area is 175 Å². The lowest BCUT2D eigenvalue weighted by Crippen LogP contribution is -2.18. The lowest BCUT2D eigenvalue weighted by molar-refractivity contribution is 0.102. The number of pyridine rings is 1. The Balaban J connectivity index is 1.83. The van der Waals surface area contributed by atoms with Gasteiger partial charge in [0.2, 0.25) is 0 Å². The van der Waals surface area contributed by atoms with Gasteiger partial charge in [0.15, 0.2) is 0 Å². The summed E-state index contributed by atoms with van der Waals surface area (Å²) in [6.07, 6.45) is 5.25. The second-order valence-electron chi connectivity index (χ2n) is 7.19. The van der Waals surface area contributed by atoms with E-state index in [-0.39, 0.29) is 11.5 Å². The molecule has 152 valence electrons. The van der Waals surface area contributed by atoms with E-state index >= 15 is 0 Å². The van der Waals surface area contributed by atoms with Crippen LogP contribution in [0.1, 0.15) is 36.2 Å². The quantitative estimate of drug-likeness (QED) is 0.523. The third-order valence-corrected chi connectivity index (χ3v) is 5.10. The molecule has 0 fully saturated rings. The van der Waals surface area contributed by atoms with Gasteiger partial charge in [-0.2, -0.15) is 9.78 Å². The van der Waals surface area contributed by atoms with Crippen LogP contribution >= 0.6 is 0 Å². The molecule has 0 atom stereocenters. The first-order chi connectivity index (χ1) is 14.6. The van der Waals surface area contributed by atoms with Crippen LogP contribution in [0.25, 0.3) is 16.9 Å². The molecular formula is C24H24N4O2. The average Bonchev–Trinajstić information content (AvgIpc) is 3.11. The molecule has 2 aromatic rings. The number of nitrogens with one attached hydrogen (secondary N) is 1. The summed E-state index contributed by atoms with van der Waals surface area (Å²) in [6.45, 7) is 4.81. The summed E-state index contributed by atoms with van der Waals surface area (Å²) in [7, 11) is 0. The van der Waals surface area contributed by atoms with Crippen LogP contribution in [0, 0.1) is 0 Å². The van der Waals surface area contributed by atoms with Gasteiger partial charge in [0.05, 0.1) is 16.8 Å². The maximum atomic E-state index is 13.2. The van der Waals surface area contributed by atoms with Crippen LogP contribution in [-0.2, 0) is 13.0 Å². The van der Waals surface area contributed by atoms with Crippen LogP contribution in [0.2, 0.25) is 0 Å². The van der Waals surface area contributed by atoms with Crippen molar-refractivity contribution in [3.63, 3.8) is 0 Å². The standard InChI is InChI=1S/C24H24N4O2/c1-3-14-27-15-19(23(29)25-21-13-9-8-10-17(21)4-2)22-20(16-27)24(30)28(26-22)18-11-6-5-7-12-18/h5-13,15-16H,3-4,14H2,1-2H3,(H,25,29). The highest BCUT2D eigenvalue weighted by Gasteiger charge is 2.24. The van der Waals surface area contributed by atoms with E-state index in [9.17, 15) is 9.59 Å². The smallest absolute Gasteiger partial charge is 0.282 e. The Morgan fingerprint density at radius 1 is 1.00 bits per heavy atom. The highest BCUT2D eigenvalue weighted by molar-refractivity contribution is 6.08. The van der Waals surface area contributed by atoms with Crippen LogP contribution in [0.15, 0.2) is 71.8 Å². The molecule has 0 aliphatic carbocycles. The SMILES string of the molecule is CCCn1cc(C(=O)Nc2ccccc2CC)c2nn(-c3ccccc3)c(=O)c-2c1. The lowest BCUT2D eigenvalue weighted by Gasteiger charge is -2.13. The zero-order chi connectivity index (χ0) is 21.1. The molecule has 0 spiro atoms. The van der Waals surface area contributed by atoms with Gasteiger partial charge in [-0.1, -0.05) is 50.2 Å². The molecule has 2 aromatic carbocycles. The van der Waals surface area contributed by atoms with Crippen molar-refractivity contribution >= 4 is 11.6 Å². The number of hydrogen-bond donors (Lipinski definition) is 1. The van der Waals surface area contributed by atoms with Crippen molar-refractivity contribution in [3.05, 3.63) is 88.5 Å². The molecule has 0 radical (unpaired) electrons. The molecule has 2 aliphatic rings. The van der Waals surface area contributed by atoms with E-state index in [0.717, 1.165) is 24.1 Å². The number of anilines is 1. The Morgan fingerprint density at radius 2 is 1.73 bits per heavy atom. The zero-order valence-corrected chi connectivity index (χ0v) is 17.1.